The van der Waals surface area contributed by atoms with Gasteiger partial charge in [-0.3, -0.25) is 4.79 Å². The SMILES string of the molecule is CC(C)(C)OC(=O)C(CCl)C(F)F. The Bertz CT molecular complexity index is 177. The number of carbonyl (C=O) groups excluding carboxylic acids is 1. The second kappa shape index (κ2) is 4.74. The highest BCUT2D eigenvalue weighted by atomic mass is 35.5. The summed E-state index contributed by atoms with van der Waals surface area (Å²) in [6.45, 7) is 4.84. The monoisotopic (exact) mass is 214 g/mol. The molecular formula is C8H13ClF2O2. The molecule has 13 heavy (non-hydrogen) atoms. The molecule has 0 aromatic heterocycles. The number of halogens is 3. The minimum atomic E-state index is -2.77. The maximum absolute atomic E-state index is 12.1. The van der Waals surface area contributed by atoms with Crippen LogP contribution >= 0.6 is 11.6 Å². The Hall–Kier alpha value is -0.380. The molecule has 1 unspecified atom stereocenters. The Balaban J connectivity index is 4.23. The number of rotatable bonds is 3. The topological polar surface area (TPSA) is 26.3 Å². The quantitative estimate of drug-likeness (QED) is 0.533. The first-order valence-corrected chi connectivity index (χ1v) is 4.38. The van der Waals surface area contributed by atoms with Gasteiger partial charge in [-0.2, -0.15) is 0 Å². The molecule has 0 aromatic carbocycles. The number of esters is 1. The van der Waals surface area contributed by atoms with Gasteiger partial charge in [0.25, 0.3) is 6.43 Å². The Labute approximate surface area is 81.2 Å². The normalized spacial score (nSPS) is 14.4. The van der Waals surface area contributed by atoms with E-state index in [1.807, 2.05) is 0 Å². The number of ether oxygens (including phenoxy) is 1. The highest BCUT2D eigenvalue weighted by Crippen LogP contribution is 2.17. The van der Waals surface area contributed by atoms with Crippen molar-refractivity contribution in [3.05, 3.63) is 0 Å². The predicted molar refractivity (Wildman–Crippen MR) is 46.1 cm³/mol. The second-order valence-electron chi connectivity index (χ2n) is 3.63. The van der Waals surface area contributed by atoms with Gasteiger partial charge in [0.05, 0.1) is 0 Å². The van der Waals surface area contributed by atoms with Gasteiger partial charge in [0, 0.05) is 5.88 Å². The fraction of sp³-hybridized carbons (Fsp3) is 0.875. The van der Waals surface area contributed by atoms with Crippen LogP contribution in [0.3, 0.4) is 0 Å². The van der Waals surface area contributed by atoms with Crippen molar-refractivity contribution >= 4 is 17.6 Å². The molecule has 0 N–H and O–H groups in total. The Morgan fingerprint density at radius 3 is 2.15 bits per heavy atom. The lowest BCUT2D eigenvalue weighted by Crippen LogP contribution is -2.32. The third kappa shape index (κ3) is 5.03. The zero-order valence-electron chi connectivity index (χ0n) is 7.81. The van der Waals surface area contributed by atoms with Gasteiger partial charge >= 0.3 is 5.97 Å². The van der Waals surface area contributed by atoms with Crippen molar-refractivity contribution in [2.75, 3.05) is 5.88 Å². The zero-order chi connectivity index (χ0) is 10.6. The lowest BCUT2D eigenvalue weighted by molar-refractivity contribution is -0.164. The molecule has 0 heterocycles. The summed E-state index contributed by atoms with van der Waals surface area (Å²) in [6.07, 6.45) is -2.77. The van der Waals surface area contributed by atoms with Crippen molar-refractivity contribution in [3.63, 3.8) is 0 Å². The molecule has 0 saturated heterocycles. The molecule has 0 aliphatic rings. The smallest absolute Gasteiger partial charge is 0.316 e. The fourth-order valence-corrected chi connectivity index (χ4v) is 0.871. The second-order valence-corrected chi connectivity index (χ2v) is 3.94. The average Bonchev–Trinajstić information content (AvgIpc) is 1.82. The first-order chi connectivity index (χ1) is 5.78. The van der Waals surface area contributed by atoms with E-state index in [0.717, 1.165) is 0 Å². The average molecular weight is 215 g/mol. The minimum Gasteiger partial charge on any atom is -0.460 e. The molecule has 2 nitrogen and oxygen atoms in total. The van der Waals surface area contributed by atoms with Crippen LogP contribution in [0, 0.1) is 5.92 Å². The van der Waals surface area contributed by atoms with Crippen LogP contribution in [-0.2, 0) is 9.53 Å². The first kappa shape index (κ1) is 12.6. The highest BCUT2D eigenvalue weighted by Gasteiger charge is 2.31. The Morgan fingerprint density at radius 1 is 1.46 bits per heavy atom. The molecule has 0 aliphatic heterocycles. The molecule has 5 heteroatoms. The van der Waals surface area contributed by atoms with E-state index in [2.05, 4.69) is 0 Å². The van der Waals surface area contributed by atoms with Crippen LogP contribution in [0.1, 0.15) is 20.8 Å². The summed E-state index contributed by atoms with van der Waals surface area (Å²) in [7, 11) is 0. The van der Waals surface area contributed by atoms with Crippen molar-refractivity contribution in [2.45, 2.75) is 32.8 Å². The van der Waals surface area contributed by atoms with E-state index >= 15 is 0 Å². The van der Waals surface area contributed by atoms with Gasteiger partial charge in [-0.1, -0.05) is 0 Å². The van der Waals surface area contributed by atoms with Gasteiger partial charge in [0.2, 0.25) is 0 Å². The van der Waals surface area contributed by atoms with Crippen LogP contribution in [0.15, 0.2) is 0 Å². The van der Waals surface area contributed by atoms with Crippen molar-refractivity contribution in [2.24, 2.45) is 5.92 Å². The van der Waals surface area contributed by atoms with E-state index < -0.39 is 29.8 Å². The molecule has 0 spiro atoms. The van der Waals surface area contributed by atoms with E-state index in [4.69, 9.17) is 16.3 Å². The van der Waals surface area contributed by atoms with Gasteiger partial charge in [-0.25, -0.2) is 8.78 Å². The van der Waals surface area contributed by atoms with Crippen LogP contribution in [0.25, 0.3) is 0 Å². The van der Waals surface area contributed by atoms with Gasteiger partial charge < -0.3 is 4.74 Å². The lowest BCUT2D eigenvalue weighted by Gasteiger charge is -2.22. The fourth-order valence-electron chi connectivity index (χ4n) is 0.611. The molecular weight excluding hydrogens is 202 g/mol. The number of carbonyl (C=O) groups is 1. The summed E-state index contributed by atoms with van der Waals surface area (Å²) in [6, 6.07) is 0. The van der Waals surface area contributed by atoms with Crippen molar-refractivity contribution < 1.29 is 18.3 Å². The van der Waals surface area contributed by atoms with Gasteiger partial charge in [0.1, 0.15) is 11.5 Å². The molecule has 1 atom stereocenters. The third-order valence-electron chi connectivity index (χ3n) is 1.18. The van der Waals surface area contributed by atoms with Crippen molar-refractivity contribution in [1.29, 1.82) is 0 Å². The zero-order valence-corrected chi connectivity index (χ0v) is 8.57. The lowest BCUT2D eigenvalue weighted by atomic mass is 10.1. The number of hydrogen-bond donors (Lipinski definition) is 0. The predicted octanol–water partition coefficient (Wildman–Crippen LogP) is 2.45. The summed E-state index contributed by atoms with van der Waals surface area (Å²) in [4.78, 5) is 11.0. The van der Waals surface area contributed by atoms with Crippen LogP contribution in [-0.4, -0.2) is 23.9 Å². The molecule has 0 rings (SSSR count). The molecule has 0 amide bonds. The number of alkyl halides is 3. The first-order valence-electron chi connectivity index (χ1n) is 3.85. The standard InChI is InChI=1S/C8H13ClF2O2/c1-8(2,3)13-7(12)5(4-9)6(10)11/h5-6H,4H2,1-3H3. The Morgan fingerprint density at radius 2 is 1.92 bits per heavy atom. The molecule has 78 valence electrons. The van der Waals surface area contributed by atoms with E-state index in [-0.39, 0.29) is 0 Å². The summed E-state index contributed by atoms with van der Waals surface area (Å²) >= 11 is 5.21. The summed E-state index contributed by atoms with van der Waals surface area (Å²) in [5.74, 6) is -2.90. The molecule has 0 radical (unpaired) electrons. The van der Waals surface area contributed by atoms with E-state index in [1.54, 1.807) is 20.8 Å². The molecule has 0 bridgehead atoms. The maximum Gasteiger partial charge on any atom is 0.316 e. The molecule has 0 saturated carbocycles. The summed E-state index contributed by atoms with van der Waals surface area (Å²) in [5, 5.41) is 0. The van der Waals surface area contributed by atoms with Crippen LogP contribution in [0.2, 0.25) is 0 Å². The summed E-state index contributed by atoms with van der Waals surface area (Å²) < 4.78 is 29.0. The number of hydrogen-bond acceptors (Lipinski definition) is 2. The van der Waals surface area contributed by atoms with Crippen LogP contribution in [0.4, 0.5) is 8.78 Å². The molecule has 0 aliphatic carbocycles. The van der Waals surface area contributed by atoms with E-state index in [0.29, 0.717) is 0 Å². The van der Waals surface area contributed by atoms with Crippen molar-refractivity contribution in [3.8, 4) is 0 Å². The van der Waals surface area contributed by atoms with E-state index in [9.17, 15) is 13.6 Å². The van der Waals surface area contributed by atoms with Gasteiger partial charge in [-0.05, 0) is 20.8 Å². The largest absolute Gasteiger partial charge is 0.460 e. The van der Waals surface area contributed by atoms with Gasteiger partial charge in [-0.15, -0.1) is 11.6 Å². The van der Waals surface area contributed by atoms with Crippen LogP contribution in [0.5, 0.6) is 0 Å². The van der Waals surface area contributed by atoms with Gasteiger partial charge in [0.15, 0.2) is 0 Å². The third-order valence-corrected chi connectivity index (χ3v) is 1.51. The molecule has 0 fully saturated rings. The van der Waals surface area contributed by atoms with E-state index in [1.165, 1.54) is 0 Å². The maximum atomic E-state index is 12.1. The summed E-state index contributed by atoms with van der Waals surface area (Å²) in [5.41, 5.74) is -0.754. The Kier molecular flexibility index (Phi) is 4.61. The minimum absolute atomic E-state index is 0.424. The highest BCUT2D eigenvalue weighted by molar-refractivity contribution is 6.19. The van der Waals surface area contributed by atoms with Crippen molar-refractivity contribution in [1.82, 2.24) is 0 Å². The van der Waals surface area contributed by atoms with Crippen LogP contribution < -0.4 is 0 Å². The molecule has 0 aromatic rings.